The van der Waals surface area contributed by atoms with Crippen molar-refractivity contribution < 1.29 is 32.2 Å². The normalized spacial score (nSPS) is 15.5. The predicted octanol–water partition coefficient (Wildman–Crippen LogP) is 5.72. The van der Waals surface area contributed by atoms with Gasteiger partial charge in [0.1, 0.15) is 15.5 Å². The first kappa shape index (κ1) is 30.0. The Hall–Kier alpha value is -2.57. The molecule has 0 saturated heterocycles. The Morgan fingerprint density at radius 1 is 1.08 bits per heavy atom. The number of rotatable bonds is 11. The van der Waals surface area contributed by atoms with E-state index >= 15 is 0 Å². The molecule has 2 aromatic rings. The lowest BCUT2D eigenvalue weighted by atomic mass is 10.1. The van der Waals surface area contributed by atoms with Crippen molar-refractivity contribution in [1.82, 2.24) is 4.31 Å². The summed E-state index contributed by atoms with van der Waals surface area (Å²) in [5.74, 6) is -0.232. The van der Waals surface area contributed by atoms with Gasteiger partial charge in [-0.05, 0) is 51.1 Å². The standard InChI is InChI=1S/C25H28Cl2N2O7S2/c1-5-34-19-9-8-18(13-20(19)35-6-2)29(4)38(32,33)21-14-22(27)37-23(21)24(30)28-17-11-15(10-16(26)12-17)25(31)36-7-3/h8-12,14,18H,5-7,13H2,1-4H3,(H,28,30). The number of nitrogens with zero attached hydrogens (tertiary/aromatic N) is 1. The van der Waals surface area contributed by atoms with Crippen molar-refractivity contribution in [2.24, 2.45) is 0 Å². The number of nitrogens with one attached hydrogen (secondary N) is 1. The molecule has 1 atom stereocenters. The summed E-state index contributed by atoms with van der Waals surface area (Å²) in [4.78, 5) is 25.0. The van der Waals surface area contributed by atoms with E-state index in [1.54, 1.807) is 19.1 Å². The summed E-state index contributed by atoms with van der Waals surface area (Å²) >= 11 is 13.1. The molecule has 1 aromatic carbocycles. The zero-order valence-corrected chi connectivity index (χ0v) is 24.4. The first-order valence-electron chi connectivity index (χ1n) is 11.7. The molecule has 9 nitrogen and oxygen atoms in total. The first-order valence-corrected chi connectivity index (χ1v) is 14.8. The lowest BCUT2D eigenvalue weighted by Crippen LogP contribution is -2.38. The third-order valence-electron chi connectivity index (χ3n) is 5.42. The Morgan fingerprint density at radius 2 is 1.79 bits per heavy atom. The smallest absolute Gasteiger partial charge is 0.338 e. The van der Waals surface area contributed by atoms with Crippen LogP contribution in [0.2, 0.25) is 9.36 Å². The second kappa shape index (κ2) is 13.0. The summed E-state index contributed by atoms with van der Waals surface area (Å²) in [5.41, 5.74) is 0.331. The number of hydrogen-bond donors (Lipinski definition) is 1. The number of carbonyl (C=O) groups excluding carboxylic acids is 2. The van der Waals surface area contributed by atoms with Crippen LogP contribution in [0.4, 0.5) is 5.69 Å². The van der Waals surface area contributed by atoms with Gasteiger partial charge in [-0.15, -0.1) is 11.3 Å². The van der Waals surface area contributed by atoms with Crippen molar-refractivity contribution in [3.63, 3.8) is 0 Å². The van der Waals surface area contributed by atoms with Crippen LogP contribution in [0.5, 0.6) is 0 Å². The minimum Gasteiger partial charge on any atom is -0.494 e. The van der Waals surface area contributed by atoms with E-state index in [9.17, 15) is 18.0 Å². The highest BCUT2D eigenvalue weighted by Gasteiger charge is 2.34. The fraction of sp³-hybridized carbons (Fsp3) is 0.360. The molecule has 1 heterocycles. The Morgan fingerprint density at radius 3 is 2.45 bits per heavy atom. The lowest BCUT2D eigenvalue weighted by Gasteiger charge is -2.29. The van der Waals surface area contributed by atoms with Gasteiger partial charge >= 0.3 is 5.97 Å². The van der Waals surface area contributed by atoms with E-state index in [2.05, 4.69) is 5.32 Å². The van der Waals surface area contributed by atoms with Gasteiger partial charge in [-0.1, -0.05) is 29.3 Å². The third-order valence-corrected chi connectivity index (χ3v) is 8.94. The molecule has 0 saturated carbocycles. The van der Waals surface area contributed by atoms with Crippen molar-refractivity contribution in [1.29, 1.82) is 0 Å². The average molecular weight is 604 g/mol. The summed E-state index contributed by atoms with van der Waals surface area (Å²) < 4.78 is 44.9. The Labute approximate surface area is 236 Å². The van der Waals surface area contributed by atoms with E-state index < -0.39 is 27.9 Å². The van der Waals surface area contributed by atoms with Crippen molar-refractivity contribution in [2.75, 3.05) is 32.2 Å². The third kappa shape index (κ3) is 6.89. The van der Waals surface area contributed by atoms with Crippen LogP contribution in [-0.2, 0) is 24.2 Å². The van der Waals surface area contributed by atoms with E-state index in [4.69, 9.17) is 37.4 Å². The predicted molar refractivity (Wildman–Crippen MR) is 147 cm³/mol. The maximum absolute atomic E-state index is 13.7. The summed E-state index contributed by atoms with van der Waals surface area (Å²) in [7, 11) is -2.74. The Kier molecular flexibility index (Phi) is 10.2. The second-order valence-corrected chi connectivity index (χ2v) is 12.0. The van der Waals surface area contributed by atoms with Crippen LogP contribution in [0.1, 0.15) is 47.2 Å². The molecular formula is C25H28Cl2N2O7S2. The van der Waals surface area contributed by atoms with Gasteiger partial charge in [0.2, 0.25) is 10.0 Å². The van der Waals surface area contributed by atoms with Gasteiger partial charge in [0.25, 0.3) is 5.91 Å². The van der Waals surface area contributed by atoms with E-state index in [0.717, 1.165) is 11.3 Å². The zero-order chi connectivity index (χ0) is 28.0. The number of thiophene rings is 1. The van der Waals surface area contributed by atoms with Gasteiger partial charge in [-0.25, -0.2) is 13.2 Å². The van der Waals surface area contributed by atoms with Gasteiger partial charge in [0, 0.05) is 24.2 Å². The quantitative estimate of drug-likeness (QED) is 0.327. The van der Waals surface area contributed by atoms with Gasteiger partial charge in [0.15, 0.2) is 5.76 Å². The molecule has 3 rings (SSSR count). The number of allylic oxidation sites excluding steroid dienone is 1. The molecule has 0 spiro atoms. The molecule has 0 radical (unpaired) electrons. The monoisotopic (exact) mass is 602 g/mol. The molecule has 1 aliphatic carbocycles. The molecule has 0 bridgehead atoms. The highest BCUT2D eigenvalue weighted by atomic mass is 35.5. The zero-order valence-electron chi connectivity index (χ0n) is 21.2. The molecule has 0 fully saturated rings. The van der Waals surface area contributed by atoms with Gasteiger partial charge in [0.05, 0.1) is 35.8 Å². The number of benzene rings is 1. The van der Waals surface area contributed by atoms with Crippen molar-refractivity contribution in [3.05, 3.63) is 67.7 Å². The number of amides is 1. The van der Waals surface area contributed by atoms with Crippen LogP contribution in [0, 0.1) is 0 Å². The second-order valence-electron chi connectivity index (χ2n) is 7.95. The molecule has 1 aliphatic rings. The maximum Gasteiger partial charge on any atom is 0.338 e. The number of esters is 1. The molecule has 1 aromatic heterocycles. The highest BCUT2D eigenvalue weighted by molar-refractivity contribution is 7.89. The van der Waals surface area contributed by atoms with E-state index in [1.807, 2.05) is 13.8 Å². The summed E-state index contributed by atoms with van der Waals surface area (Å²) in [5, 5.41) is 2.80. The van der Waals surface area contributed by atoms with E-state index in [0.29, 0.717) is 24.7 Å². The van der Waals surface area contributed by atoms with Gasteiger partial charge in [-0.2, -0.15) is 4.31 Å². The van der Waals surface area contributed by atoms with Crippen molar-refractivity contribution in [3.8, 4) is 0 Å². The van der Waals surface area contributed by atoms with Gasteiger partial charge < -0.3 is 19.5 Å². The van der Waals surface area contributed by atoms with Crippen LogP contribution in [0.15, 0.2) is 52.8 Å². The molecule has 206 valence electrons. The minimum atomic E-state index is -4.16. The average Bonchev–Trinajstić information content (AvgIpc) is 3.27. The van der Waals surface area contributed by atoms with Crippen molar-refractivity contribution >= 4 is 62.1 Å². The number of halogens is 2. The van der Waals surface area contributed by atoms with Gasteiger partial charge in [-0.3, -0.25) is 4.79 Å². The molecule has 1 N–H and O–H groups in total. The fourth-order valence-electron chi connectivity index (χ4n) is 3.70. The first-order chi connectivity index (χ1) is 18.0. The molecule has 13 heteroatoms. The highest BCUT2D eigenvalue weighted by Crippen LogP contribution is 2.35. The number of carbonyl (C=O) groups is 2. The topological polar surface area (TPSA) is 111 Å². The molecule has 1 amide bonds. The number of ether oxygens (including phenoxy) is 3. The summed E-state index contributed by atoms with van der Waals surface area (Å²) in [6.45, 7) is 6.35. The van der Waals surface area contributed by atoms with Crippen LogP contribution in [0.3, 0.4) is 0 Å². The minimum absolute atomic E-state index is 0.116. The van der Waals surface area contributed by atoms with Crippen LogP contribution in [-0.4, -0.2) is 57.5 Å². The molecular weight excluding hydrogens is 575 g/mol. The number of likely N-dealkylation sites (N-methyl/N-ethyl adjacent to an activating group) is 1. The summed E-state index contributed by atoms with van der Waals surface area (Å²) in [6.07, 6.45) is 3.65. The summed E-state index contributed by atoms with van der Waals surface area (Å²) in [6, 6.07) is 4.89. The fourth-order valence-corrected chi connectivity index (χ4v) is 6.94. The lowest BCUT2D eigenvalue weighted by molar-refractivity contribution is 0.0526. The van der Waals surface area contributed by atoms with Crippen LogP contribution < -0.4 is 5.32 Å². The van der Waals surface area contributed by atoms with E-state index in [1.165, 1.54) is 35.6 Å². The maximum atomic E-state index is 13.7. The SMILES string of the molecule is CCOC(=O)c1cc(Cl)cc(NC(=O)c2sc(Cl)cc2S(=O)(=O)N(C)C2C=CC(OCC)=C(OCC)C2)c1. The molecule has 0 aliphatic heterocycles. The Balaban J connectivity index is 1.88. The van der Waals surface area contributed by atoms with Crippen LogP contribution >= 0.6 is 34.5 Å². The van der Waals surface area contributed by atoms with Crippen molar-refractivity contribution in [2.45, 2.75) is 38.1 Å². The number of sulfonamides is 1. The number of anilines is 1. The number of hydrogen-bond acceptors (Lipinski definition) is 8. The van der Waals surface area contributed by atoms with Crippen LogP contribution in [0.25, 0.3) is 0 Å². The largest absolute Gasteiger partial charge is 0.494 e. The Bertz CT molecular complexity index is 1370. The van der Waals surface area contributed by atoms with E-state index in [-0.39, 0.29) is 43.4 Å². The molecule has 1 unspecified atom stereocenters. The molecule has 38 heavy (non-hydrogen) atoms.